The molecule has 0 saturated carbocycles. The summed E-state index contributed by atoms with van der Waals surface area (Å²) < 4.78 is 0. The molecule has 1 amide bonds. The van der Waals surface area contributed by atoms with Crippen molar-refractivity contribution in [2.24, 2.45) is 0 Å². The van der Waals surface area contributed by atoms with Gasteiger partial charge in [0.15, 0.2) is 0 Å². The van der Waals surface area contributed by atoms with E-state index in [1.54, 1.807) is 23.2 Å². The van der Waals surface area contributed by atoms with E-state index < -0.39 is 0 Å². The van der Waals surface area contributed by atoms with E-state index in [2.05, 4.69) is 11.9 Å². The van der Waals surface area contributed by atoms with E-state index >= 15 is 0 Å². The van der Waals surface area contributed by atoms with E-state index in [9.17, 15) is 4.79 Å². The van der Waals surface area contributed by atoms with E-state index in [4.69, 9.17) is 0 Å². The van der Waals surface area contributed by atoms with Crippen molar-refractivity contribution in [1.29, 1.82) is 0 Å². The van der Waals surface area contributed by atoms with Crippen molar-refractivity contribution in [3.8, 4) is 0 Å². The summed E-state index contributed by atoms with van der Waals surface area (Å²) in [5.74, 6) is -0.0139. The number of carbonyl (C=O) groups excluding carboxylic acids is 1. The zero-order valence-corrected chi connectivity index (χ0v) is 8.90. The number of aromatic nitrogens is 1. The quantitative estimate of drug-likeness (QED) is 0.733. The summed E-state index contributed by atoms with van der Waals surface area (Å²) in [6.45, 7) is 4.09. The van der Waals surface area contributed by atoms with Crippen LogP contribution in [0.2, 0.25) is 0 Å². The molecular weight excluding hydrogens is 176 g/mol. The molecule has 0 radical (unpaired) electrons. The molecule has 1 unspecified atom stereocenters. The molecule has 3 nitrogen and oxygen atoms in total. The number of rotatable bonds is 3. The molecule has 0 bridgehead atoms. The van der Waals surface area contributed by atoms with Crippen LogP contribution in [0, 0.1) is 0 Å². The Labute approximate surface area is 84.8 Å². The molecule has 0 aliphatic heterocycles. The van der Waals surface area contributed by atoms with Gasteiger partial charge in [0, 0.05) is 19.3 Å². The molecule has 14 heavy (non-hydrogen) atoms. The van der Waals surface area contributed by atoms with Crippen LogP contribution in [0.3, 0.4) is 0 Å². The lowest BCUT2D eigenvalue weighted by Gasteiger charge is -2.23. The standard InChI is InChI=1S/C11H16N2O/c1-4-9(2)13(3)11(14)10-7-5-6-8-12-10/h5-9H,4H2,1-3H3. The molecule has 1 heterocycles. The summed E-state index contributed by atoms with van der Waals surface area (Å²) in [7, 11) is 1.81. The number of nitrogens with zero attached hydrogens (tertiary/aromatic N) is 2. The third kappa shape index (κ3) is 2.31. The van der Waals surface area contributed by atoms with Crippen molar-refractivity contribution in [2.75, 3.05) is 7.05 Å². The second-order valence-electron chi connectivity index (χ2n) is 3.39. The fourth-order valence-electron chi connectivity index (χ4n) is 1.14. The van der Waals surface area contributed by atoms with Crippen LogP contribution in [-0.4, -0.2) is 28.9 Å². The summed E-state index contributed by atoms with van der Waals surface area (Å²) >= 11 is 0. The summed E-state index contributed by atoms with van der Waals surface area (Å²) in [4.78, 5) is 17.6. The molecule has 1 aromatic rings. The average Bonchev–Trinajstić information content (AvgIpc) is 2.27. The maximum Gasteiger partial charge on any atom is 0.272 e. The Morgan fingerprint density at radius 2 is 2.29 bits per heavy atom. The number of carbonyl (C=O) groups is 1. The summed E-state index contributed by atoms with van der Waals surface area (Å²) in [6, 6.07) is 5.62. The summed E-state index contributed by atoms with van der Waals surface area (Å²) in [5.41, 5.74) is 0.510. The van der Waals surface area contributed by atoms with Crippen LogP contribution in [0.5, 0.6) is 0 Å². The van der Waals surface area contributed by atoms with Crippen LogP contribution in [0.25, 0.3) is 0 Å². The molecular formula is C11H16N2O. The van der Waals surface area contributed by atoms with Gasteiger partial charge in [0.1, 0.15) is 5.69 Å². The molecule has 76 valence electrons. The molecule has 0 saturated heterocycles. The number of hydrogen-bond acceptors (Lipinski definition) is 2. The van der Waals surface area contributed by atoms with E-state index in [0.717, 1.165) is 6.42 Å². The highest BCUT2D eigenvalue weighted by Gasteiger charge is 2.16. The molecule has 1 aromatic heterocycles. The lowest BCUT2D eigenvalue weighted by molar-refractivity contribution is 0.0734. The zero-order valence-electron chi connectivity index (χ0n) is 8.90. The Hall–Kier alpha value is -1.38. The van der Waals surface area contributed by atoms with Crippen molar-refractivity contribution < 1.29 is 4.79 Å². The Morgan fingerprint density at radius 1 is 1.57 bits per heavy atom. The van der Waals surface area contributed by atoms with E-state index in [1.807, 2.05) is 20.0 Å². The van der Waals surface area contributed by atoms with Crippen LogP contribution >= 0.6 is 0 Å². The minimum Gasteiger partial charge on any atom is -0.338 e. The van der Waals surface area contributed by atoms with Gasteiger partial charge in [-0.2, -0.15) is 0 Å². The van der Waals surface area contributed by atoms with Gasteiger partial charge in [-0.15, -0.1) is 0 Å². The maximum absolute atomic E-state index is 11.8. The van der Waals surface area contributed by atoms with Gasteiger partial charge >= 0.3 is 0 Å². The van der Waals surface area contributed by atoms with Gasteiger partial charge in [-0.3, -0.25) is 9.78 Å². The first-order chi connectivity index (χ1) is 6.66. The number of amides is 1. The van der Waals surface area contributed by atoms with Gasteiger partial charge in [0.05, 0.1) is 0 Å². The molecule has 3 heteroatoms. The monoisotopic (exact) mass is 192 g/mol. The van der Waals surface area contributed by atoms with Gasteiger partial charge in [-0.25, -0.2) is 0 Å². The predicted octanol–water partition coefficient (Wildman–Crippen LogP) is 1.95. The Bertz CT molecular complexity index is 297. The second-order valence-corrected chi connectivity index (χ2v) is 3.39. The second kappa shape index (κ2) is 4.74. The Balaban J connectivity index is 2.76. The van der Waals surface area contributed by atoms with Crippen molar-refractivity contribution >= 4 is 5.91 Å². The average molecular weight is 192 g/mol. The maximum atomic E-state index is 11.8. The van der Waals surface area contributed by atoms with E-state index in [0.29, 0.717) is 5.69 Å². The molecule has 0 spiro atoms. The molecule has 0 aliphatic rings. The first-order valence-electron chi connectivity index (χ1n) is 4.85. The van der Waals surface area contributed by atoms with Crippen LogP contribution in [-0.2, 0) is 0 Å². The van der Waals surface area contributed by atoms with E-state index in [1.165, 1.54) is 0 Å². The van der Waals surface area contributed by atoms with Gasteiger partial charge in [-0.05, 0) is 25.5 Å². The van der Waals surface area contributed by atoms with Crippen molar-refractivity contribution in [3.05, 3.63) is 30.1 Å². The first-order valence-corrected chi connectivity index (χ1v) is 4.85. The lowest BCUT2D eigenvalue weighted by Crippen LogP contribution is -2.35. The fraction of sp³-hybridized carbons (Fsp3) is 0.455. The summed E-state index contributed by atoms with van der Waals surface area (Å²) in [6.07, 6.45) is 2.59. The van der Waals surface area contributed by atoms with Gasteiger partial charge < -0.3 is 4.90 Å². The van der Waals surface area contributed by atoms with Crippen molar-refractivity contribution in [3.63, 3.8) is 0 Å². The van der Waals surface area contributed by atoms with Gasteiger partial charge in [-0.1, -0.05) is 13.0 Å². The van der Waals surface area contributed by atoms with Gasteiger partial charge in [0.2, 0.25) is 0 Å². The first kappa shape index (κ1) is 10.7. The number of pyridine rings is 1. The molecule has 1 rings (SSSR count). The Kier molecular flexibility index (Phi) is 3.63. The van der Waals surface area contributed by atoms with Gasteiger partial charge in [0.25, 0.3) is 5.91 Å². The molecule has 0 aliphatic carbocycles. The minimum absolute atomic E-state index is 0.0139. The SMILES string of the molecule is CCC(C)N(C)C(=O)c1ccccn1. The highest BCUT2D eigenvalue weighted by molar-refractivity contribution is 5.92. The molecule has 0 N–H and O–H groups in total. The van der Waals surface area contributed by atoms with Crippen molar-refractivity contribution in [2.45, 2.75) is 26.3 Å². The highest BCUT2D eigenvalue weighted by atomic mass is 16.2. The topological polar surface area (TPSA) is 33.2 Å². The Morgan fingerprint density at radius 3 is 2.79 bits per heavy atom. The van der Waals surface area contributed by atoms with Crippen LogP contribution in [0.15, 0.2) is 24.4 Å². The third-order valence-corrected chi connectivity index (χ3v) is 2.46. The highest BCUT2D eigenvalue weighted by Crippen LogP contribution is 2.05. The largest absolute Gasteiger partial charge is 0.338 e. The van der Waals surface area contributed by atoms with Crippen molar-refractivity contribution in [1.82, 2.24) is 9.88 Å². The smallest absolute Gasteiger partial charge is 0.272 e. The van der Waals surface area contributed by atoms with Crippen LogP contribution < -0.4 is 0 Å². The van der Waals surface area contributed by atoms with Crippen LogP contribution in [0.4, 0.5) is 0 Å². The number of hydrogen-bond donors (Lipinski definition) is 0. The van der Waals surface area contributed by atoms with E-state index in [-0.39, 0.29) is 11.9 Å². The molecule has 0 aromatic carbocycles. The normalized spacial score (nSPS) is 12.2. The minimum atomic E-state index is -0.0139. The molecule has 1 atom stereocenters. The third-order valence-electron chi connectivity index (χ3n) is 2.46. The van der Waals surface area contributed by atoms with Crippen LogP contribution in [0.1, 0.15) is 30.8 Å². The lowest BCUT2D eigenvalue weighted by atomic mass is 10.2. The molecule has 0 fully saturated rings. The predicted molar refractivity (Wildman–Crippen MR) is 56.1 cm³/mol. The zero-order chi connectivity index (χ0) is 10.6. The summed E-state index contributed by atoms with van der Waals surface area (Å²) in [5, 5.41) is 0. The fourth-order valence-corrected chi connectivity index (χ4v) is 1.14.